The third-order valence-corrected chi connectivity index (χ3v) is 1.79. The van der Waals surface area contributed by atoms with Gasteiger partial charge in [0.15, 0.2) is 0 Å². The SMILES string of the molecule is O=C(O)C(=O)c1c[nH]c2ncncc12. The molecule has 0 unspecified atom stereocenters. The van der Waals surface area contributed by atoms with E-state index in [2.05, 4.69) is 15.0 Å². The van der Waals surface area contributed by atoms with Crippen molar-refractivity contribution in [2.45, 2.75) is 0 Å². The van der Waals surface area contributed by atoms with Crippen molar-refractivity contribution in [3.8, 4) is 0 Å². The van der Waals surface area contributed by atoms with Gasteiger partial charge in [0, 0.05) is 17.8 Å². The van der Waals surface area contributed by atoms with E-state index in [-0.39, 0.29) is 5.56 Å². The van der Waals surface area contributed by atoms with Crippen LogP contribution in [0, 0.1) is 0 Å². The molecule has 0 aliphatic heterocycles. The predicted octanol–water partition coefficient (Wildman–Crippen LogP) is 0.225. The Labute approximate surface area is 77.6 Å². The number of carbonyl (C=O) groups excluding carboxylic acids is 1. The molecule has 0 fully saturated rings. The zero-order valence-corrected chi connectivity index (χ0v) is 6.89. The minimum atomic E-state index is -1.49. The molecule has 6 heteroatoms. The van der Waals surface area contributed by atoms with Crippen LogP contribution in [-0.4, -0.2) is 31.8 Å². The number of carboxylic acids is 1. The van der Waals surface area contributed by atoms with Crippen molar-refractivity contribution in [1.29, 1.82) is 0 Å². The molecular formula is C8H5N3O3. The number of hydrogen-bond acceptors (Lipinski definition) is 4. The smallest absolute Gasteiger partial charge is 0.377 e. The molecule has 2 N–H and O–H groups in total. The van der Waals surface area contributed by atoms with Crippen LogP contribution in [-0.2, 0) is 4.79 Å². The van der Waals surface area contributed by atoms with Gasteiger partial charge < -0.3 is 10.1 Å². The van der Waals surface area contributed by atoms with Crippen molar-refractivity contribution in [1.82, 2.24) is 15.0 Å². The molecule has 2 aromatic rings. The number of carboxylic acid groups (broad SMARTS) is 1. The number of ketones is 1. The first-order valence-electron chi connectivity index (χ1n) is 3.75. The lowest BCUT2D eigenvalue weighted by molar-refractivity contribution is -0.131. The van der Waals surface area contributed by atoms with Crippen LogP contribution in [0.3, 0.4) is 0 Å². The second-order valence-corrected chi connectivity index (χ2v) is 2.62. The number of carbonyl (C=O) groups is 2. The number of nitrogens with zero attached hydrogens (tertiary/aromatic N) is 2. The van der Waals surface area contributed by atoms with Gasteiger partial charge in [-0.2, -0.15) is 0 Å². The quantitative estimate of drug-likeness (QED) is 0.523. The number of rotatable bonds is 2. The van der Waals surface area contributed by atoms with Gasteiger partial charge in [-0.15, -0.1) is 0 Å². The summed E-state index contributed by atoms with van der Waals surface area (Å²) < 4.78 is 0. The van der Waals surface area contributed by atoms with E-state index in [1.807, 2.05) is 0 Å². The zero-order chi connectivity index (χ0) is 10.1. The van der Waals surface area contributed by atoms with E-state index in [1.165, 1.54) is 18.7 Å². The van der Waals surface area contributed by atoms with E-state index in [0.29, 0.717) is 11.0 Å². The van der Waals surface area contributed by atoms with Crippen LogP contribution in [0.25, 0.3) is 11.0 Å². The molecule has 0 amide bonds. The second-order valence-electron chi connectivity index (χ2n) is 2.62. The van der Waals surface area contributed by atoms with Crippen LogP contribution in [0.5, 0.6) is 0 Å². The van der Waals surface area contributed by atoms with Gasteiger partial charge in [0.1, 0.15) is 12.0 Å². The van der Waals surface area contributed by atoms with E-state index < -0.39 is 11.8 Å². The molecule has 2 aromatic heterocycles. The summed E-state index contributed by atoms with van der Waals surface area (Å²) in [5.74, 6) is -2.46. The van der Waals surface area contributed by atoms with E-state index in [4.69, 9.17) is 5.11 Å². The Bertz CT molecular complexity index is 517. The van der Waals surface area contributed by atoms with Crippen LogP contribution in [0.2, 0.25) is 0 Å². The van der Waals surface area contributed by atoms with Gasteiger partial charge >= 0.3 is 5.97 Å². The van der Waals surface area contributed by atoms with Crippen molar-refractivity contribution in [3.63, 3.8) is 0 Å². The molecule has 6 nitrogen and oxygen atoms in total. The summed E-state index contributed by atoms with van der Waals surface area (Å²) in [5.41, 5.74) is 0.526. The molecule has 70 valence electrons. The second kappa shape index (κ2) is 2.91. The molecular weight excluding hydrogens is 186 g/mol. The van der Waals surface area contributed by atoms with Gasteiger partial charge in [-0.25, -0.2) is 14.8 Å². The largest absolute Gasteiger partial charge is 0.475 e. The minimum Gasteiger partial charge on any atom is -0.475 e. The highest BCUT2D eigenvalue weighted by molar-refractivity contribution is 6.42. The average molecular weight is 191 g/mol. The maximum atomic E-state index is 11.1. The minimum absolute atomic E-state index is 0.0769. The Morgan fingerprint density at radius 3 is 2.93 bits per heavy atom. The van der Waals surface area contributed by atoms with Crippen LogP contribution in [0.4, 0.5) is 0 Å². The van der Waals surface area contributed by atoms with Gasteiger partial charge in [0.05, 0.1) is 5.56 Å². The fourth-order valence-corrected chi connectivity index (χ4v) is 1.16. The van der Waals surface area contributed by atoms with E-state index in [9.17, 15) is 9.59 Å². The zero-order valence-electron chi connectivity index (χ0n) is 6.89. The Morgan fingerprint density at radius 1 is 1.43 bits per heavy atom. The summed E-state index contributed by atoms with van der Waals surface area (Å²) >= 11 is 0. The topological polar surface area (TPSA) is 95.9 Å². The van der Waals surface area contributed by atoms with Crippen molar-refractivity contribution >= 4 is 22.8 Å². The first-order valence-corrected chi connectivity index (χ1v) is 3.75. The third-order valence-electron chi connectivity index (χ3n) is 1.79. The molecule has 2 rings (SSSR count). The molecule has 0 spiro atoms. The van der Waals surface area contributed by atoms with Crippen molar-refractivity contribution in [3.05, 3.63) is 24.3 Å². The molecule has 2 heterocycles. The number of fused-ring (bicyclic) bond motifs is 1. The lowest BCUT2D eigenvalue weighted by Crippen LogP contribution is -2.11. The summed E-state index contributed by atoms with van der Waals surface area (Å²) in [7, 11) is 0. The van der Waals surface area contributed by atoms with Crippen LogP contribution < -0.4 is 0 Å². The molecule has 0 atom stereocenters. The number of aromatic amines is 1. The molecule has 0 saturated heterocycles. The van der Waals surface area contributed by atoms with E-state index >= 15 is 0 Å². The highest BCUT2D eigenvalue weighted by Crippen LogP contribution is 2.14. The highest BCUT2D eigenvalue weighted by Gasteiger charge is 2.18. The maximum Gasteiger partial charge on any atom is 0.377 e. The number of Topliss-reactive ketones (excluding diaryl/α,β-unsaturated/α-hetero) is 1. The number of hydrogen-bond donors (Lipinski definition) is 2. The summed E-state index contributed by atoms with van der Waals surface area (Å²) in [6, 6.07) is 0. The van der Waals surface area contributed by atoms with Crippen LogP contribution >= 0.6 is 0 Å². The van der Waals surface area contributed by atoms with Crippen molar-refractivity contribution in [2.75, 3.05) is 0 Å². The van der Waals surface area contributed by atoms with E-state index in [1.54, 1.807) is 0 Å². The van der Waals surface area contributed by atoms with Crippen molar-refractivity contribution < 1.29 is 14.7 Å². The predicted molar refractivity (Wildman–Crippen MR) is 45.9 cm³/mol. The van der Waals surface area contributed by atoms with Gasteiger partial charge in [-0.3, -0.25) is 4.79 Å². The molecule has 0 aliphatic rings. The lowest BCUT2D eigenvalue weighted by Gasteiger charge is -1.91. The average Bonchev–Trinajstić information content (AvgIpc) is 2.60. The molecule has 14 heavy (non-hydrogen) atoms. The van der Waals surface area contributed by atoms with Gasteiger partial charge in [0.25, 0.3) is 5.78 Å². The molecule has 0 radical (unpaired) electrons. The molecule has 0 aliphatic carbocycles. The summed E-state index contributed by atoms with van der Waals surface area (Å²) in [6.45, 7) is 0. The summed E-state index contributed by atoms with van der Waals surface area (Å²) in [4.78, 5) is 31.8. The number of H-pyrrole nitrogens is 1. The number of aliphatic carboxylic acids is 1. The third kappa shape index (κ3) is 1.13. The molecule has 0 aromatic carbocycles. The number of nitrogens with one attached hydrogen (secondary N) is 1. The van der Waals surface area contributed by atoms with Gasteiger partial charge in [-0.1, -0.05) is 0 Å². The Morgan fingerprint density at radius 2 is 2.21 bits per heavy atom. The molecule has 0 bridgehead atoms. The normalized spacial score (nSPS) is 10.3. The Hall–Kier alpha value is -2.24. The fraction of sp³-hybridized carbons (Fsp3) is 0. The van der Waals surface area contributed by atoms with Crippen LogP contribution in [0.15, 0.2) is 18.7 Å². The highest BCUT2D eigenvalue weighted by atomic mass is 16.4. The van der Waals surface area contributed by atoms with E-state index in [0.717, 1.165) is 0 Å². The van der Waals surface area contributed by atoms with Crippen molar-refractivity contribution in [2.24, 2.45) is 0 Å². The summed E-state index contributed by atoms with van der Waals surface area (Å²) in [5, 5.41) is 8.93. The van der Waals surface area contributed by atoms with Crippen LogP contribution in [0.1, 0.15) is 10.4 Å². The van der Waals surface area contributed by atoms with Gasteiger partial charge in [0.2, 0.25) is 0 Å². The van der Waals surface area contributed by atoms with Gasteiger partial charge in [-0.05, 0) is 0 Å². The monoisotopic (exact) mass is 191 g/mol. The maximum absolute atomic E-state index is 11.1. The standard InChI is InChI=1S/C8H5N3O3/c12-6(8(13)14)4-2-10-7-5(4)1-9-3-11-7/h1-3H,(H,13,14)(H,9,10,11). The fourth-order valence-electron chi connectivity index (χ4n) is 1.16. The number of aromatic nitrogens is 3. The first kappa shape index (κ1) is 8.36. The molecule has 0 saturated carbocycles. The first-order chi connectivity index (χ1) is 6.70. The summed E-state index contributed by atoms with van der Waals surface area (Å²) in [6.07, 6.45) is 4.03. The Kier molecular flexibility index (Phi) is 1.74. The Balaban J connectivity index is 2.64. The lowest BCUT2D eigenvalue weighted by atomic mass is 10.2.